The van der Waals surface area contributed by atoms with Crippen LogP contribution in [0, 0.1) is 5.41 Å². The first-order valence-corrected chi connectivity index (χ1v) is 5.33. The molecule has 0 aliphatic carbocycles. The smallest absolute Gasteiger partial charge is 0.306 e. The third kappa shape index (κ3) is 2.30. The quantitative estimate of drug-likeness (QED) is 0.577. The number of Topliss-reactive ketones (excluding diaryl/α,β-unsaturated/α-hetero) is 1. The van der Waals surface area contributed by atoms with Crippen molar-refractivity contribution in [3.8, 4) is 0 Å². The first-order chi connectivity index (χ1) is 7.59. The molecule has 1 aromatic carbocycles. The molecular weight excluding hydrogens is 204 g/mol. The lowest BCUT2D eigenvalue weighted by Gasteiger charge is -2.18. The summed E-state index contributed by atoms with van der Waals surface area (Å²) in [5, 5.41) is 0. The molecule has 0 radical (unpaired) electrons. The van der Waals surface area contributed by atoms with Crippen molar-refractivity contribution in [3.05, 3.63) is 35.9 Å². The van der Waals surface area contributed by atoms with E-state index in [1.165, 1.54) is 0 Å². The van der Waals surface area contributed by atoms with Gasteiger partial charge in [-0.05, 0) is 0 Å². The largest absolute Gasteiger partial charge is 0.465 e. The zero-order valence-electron chi connectivity index (χ0n) is 9.23. The predicted molar refractivity (Wildman–Crippen MR) is 59.1 cm³/mol. The van der Waals surface area contributed by atoms with Gasteiger partial charge in [-0.15, -0.1) is 0 Å². The highest BCUT2D eigenvalue weighted by Crippen LogP contribution is 2.33. The van der Waals surface area contributed by atoms with Gasteiger partial charge in [0.2, 0.25) is 0 Å². The van der Waals surface area contributed by atoms with Crippen LogP contribution in [0.3, 0.4) is 0 Å². The number of carbonyl (C=O) groups excluding carboxylic acids is 2. The lowest BCUT2D eigenvalue weighted by Crippen LogP contribution is -2.21. The molecule has 0 aromatic heterocycles. The summed E-state index contributed by atoms with van der Waals surface area (Å²) in [7, 11) is 0. The average Bonchev–Trinajstić information content (AvgIpc) is 2.59. The Kier molecular flexibility index (Phi) is 2.77. The lowest BCUT2D eigenvalue weighted by atomic mass is 9.83. The Bertz CT molecular complexity index is 410. The van der Waals surface area contributed by atoms with Crippen molar-refractivity contribution in [2.45, 2.75) is 19.8 Å². The molecule has 1 atom stereocenters. The standard InChI is InChI=1S/C13H14O3/c1-13(8-12(15)16-9-13)7-11(14)10-5-3-2-4-6-10/h2-6H,7-9H2,1H3. The van der Waals surface area contributed by atoms with Gasteiger partial charge < -0.3 is 4.74 Å². The molecule has 0 bridgehead atoms. The topological polar surface area (TPSA) is 43.4 Å². The molecule has 0 spiro atoms. The van der Waals surface area contributed by atoms with E-state index >= 15 is 0 Å². The van der Waals surface area contributed by atoms with Gasteiger partial charge >= 0.3 is 5.97 Å². The Hall–Kier alpha value is -1.64. The molecule has 1 unspecified atom stereocenters. The number of rotatable bonds is 3. The van der Waals surface area contributed by atoms with Crippen LogP contribution in [0.15, 0.2) is 30.3 Å². The van der Waals surface area contributed by atoms with Crippen LogP contribution in [0.2, 0.25) is 0 Å². The van der Waals surface area contributed by atoms with Crippen LogP contribution in [0.4, 0.5) is 0 Å². The normalized spacial score (nSPS) is 24.2. The number of ether oxygens (including phenoxy) is 1. The molecule has 1 aromatic rings. The molecule has 0 saturated carbocycles. The Labute approximate surface area is 94.4 Å². The van der Waals surface area contributed by atoms with Crippen molar-refractivity contribution < 1.29 is 14.3 Å². The summed E-state index contributed by atoms with van der Waals surface area (Å²) in [5.41, 5.74) is 0.368. The molecule has 1 saturated heterocycles. The number of hydrogen-bond donors (Lipinski definition) is 0. The van der Waals surface area contributed by atoms with Crippen molar-refractivity contribution in [2.75, 3.05) is 6.61 Å². The molecule has 0 amide bonds. The van der Waals surface area contributed by atoms with E-state index in [2.05, 4.69) is 0 Å². The molecule has 1 fully saturated rings. The van der Waals surface area contributed by atoms with Crippen LogP contribution < -0.4 is 0 Å². The van der Waals surface area contributed by atoms with Crippen molar-refractivity contribution in [3.63, 3.8) is 0 Å². The van der Waals surface area contributed by atoms with Gasteiger partial charge in [0.1, 0.15) is 0 Å². The van der Waals surface area contributed by atoms with E-state index in [4.69, 9.17) is 4.74 Å². The predicted octanol–water partition coefficient (Wildman–Crippen LogP) is 2.21. The third-order valence-corrected chi connectivity index (χ3v) is 2.84. The second-order valence-electron chi connectivity index (χ2n) is 4.61. The number of hydrogen-bond acceptors (Lipinski definition) is 3. The Morgan fingerprint density at radius 1 is 1.38 bits per heavy atom. The van der Waals surface area contributed by atoms with E-state index in [9.17, 15) is 9.59 Å². The summed E-state index contributed by atoms with van der Waals surface area (Å²) in [4.78, 5) is 23.0. The zero-order valence-corrected chi connectivity index (χ0v) is 9.23. The Morgan fingerprint density at radius 3 is 2.62 bits per heavy atom. The monoisotopic (exact) mass is 218 g/mol. The van der Waals surface area contributed by atoms with Gasteiger partial charge in [0.15, 0.2) is 5.78 Å². The van der Waals surface area contributed by atoms with Crippen LogP contribution in [0.25, 0.3) is 0 Å². The molecule has 1 heterocycles. The second-order valence-corrected chi connectivity index (χ2v) is 4.61. The number of benzene rings is 1. The van der Waals surface area contributed by atoms with E-state index < -0.39 is 0 Å². The van der Waals surface area contributed by atoms with E-state index in [-0.39, 0.29) is 17.2 Å². The number of esters is 1. The van der Waals surface area contributed by atoms with Crippen LogP contribution >= 0.6 is 0 Å². The van der Waals surface area contributed by atoms with Crippen molar-refractivity contribution in [1.29, 1.82) is 0 Å². The molecular formula is C13H14O3. The second kappa shape index (κ2) is 4.08. The SMILES string of the molecule is CC1(CC(=O)c2ccccc2)COC(=O)C1. The summed E-state index contributed by atoms with van der Waals surface area (Å²) in [6.07, 6.45) is 0.703. The number of carbonyl (C=O) groups is 2. The fraction of sp³-hybridized carbons (Fsp3) is 0.385. The number of ketones is 1. The average molecular weight is 218 g/mol. The molecule has 0 N–H and O–H groups in total. The molecule has 2 rings (SSSR count). The molecule has 16 heavy (non-hydrogen) atoms. The van der Waals surface area contributed by atoms with E-state index in [1.54, 1.807) is 12.1 Å². The van der Waals surface area contributed by atoms with Crippen LogP contribution in [0.1, 0.15) is 30.1 Å². The highest BCUT2D eigenvalue weighted by Gasteiger charge is 2.37. The minimum absolute atomic E-state index is 0.0707. The van der Waals surface area contributed by atoms with Crippen LogP contribution in [-0.4, -0.2) is 18.4 Å². The molecule has 3 heteroatoms. The lowest BCUT2D eigenvalue weighted by molar-refractivity contribution is -0.137. The maximum absolute atomic E-state index is 11.9. The van der Waals surface area contributed by atoms with E-state index in [1.807, 2.05) is 25.1 Å². The van der Waals surface area contributed by atoms with Gasteiger partial charge in [-0.1, -0.05) is 37.3 Å². The van der Waals surface area contributed by atoms with Crippen LogP contribution in [-0.2, 0) is 9.53 Å². The van der Waals surface area contributed by atoms with Crippen LogP contribution in [0.5, 0.6) is 0 Å². The highest BCUT2D eigenvalue weighted by atomic mass is 16.5. The summed E-state index contributed by atoms with van der Waals surface area (Å²) >= 11 is 0. The van der Waals surface area contributed by atoms with Crippen molar-refractivity contribution in [2.24, 2.45) is 5.41 Å². The fourth-order valence-electron chi connectivity index (χ4n) is 1.93. The van der Waals surface area contributed by atoms with Gasteiger partial charge in [0.05, 0.1) is 13.0 Å². The van der Waals surface area contributed by atoms with E-state index in [0.717, 1.165) is 0 Å². The van der Waals surface area contributed by atoms with Gasteiger partial charge in [0, 0.05) is 17.4 Å². The highest BCUT2D eigenvalue weighted by molar-refractivity contribution is 5.96. The Balaban J connectivity index is 2.06. The van der Waals surface area contributed by atoms with Gasteiger partial charge in [-0.3, -0.25) is 9.59 Å². The summed E-state index contributed by atoms with van der Waals surface area (Å²) in [5.74, 6) is -0.134. The first-order valence-electron chi connectivity index (χ1n) is 5.33. The molecule has 3 nitrogen and oxygen atoms in total. The zero-order chi connectivity index (χ0) is 11.6. The minimum Gasteiger partial charge on any atom is -0.465 e. The summed E-state index contributed by atoms with van der Waals surface area (Å²) < 4.78 is 4.91. The molecule has 84 valence electrons. The van der Waals surface area contributed by atoms with E-state index in [0.29, 0.717) is 25.0 Å². The molecule has 1 aliphatic heterocycles. The van der Waals surface area contributed by atoms with Gasteiger partial charge in [-0.25, -0.2) is 0 Å². The summed E-state index contributed by atoms with van der Waals surface area (Å²) in [6.45, 7) is 2.27. The van der Waals surface area contributed by atoms with Crippen molar-refractivity contribution in [1.82, 2.24) is 0 Å². The first kappa shape index (κ1) is 10.9. The third-order valence-electron chi connectivity index (χ3n) is 2.84. The fourth-order valence-corrected chi connectivity index (χ4v) is 1.93. The van der Waals surface area contributed by atoms with Crippen molar-refractivity contribution >= 4 is 11.8 Å². The van der Waals surface area contributed by atoms with Gasteiger partial charge in [0.25, 0.3) is 0 Å². The number of cyclic esters (lactones) is 1. The maximum atomic E-state index is 11.9. The minimum atomic E-state index is -0.329. The maximum Gasteiger partial charge on any atom is 0.306 e. The van der Waals surface area contributed by atoms with Gasteiger partial charge in [-0.2, -0.15) is 0 Å². The molecule has 1 aliphatic rings. The summed E-state index contributed by atoms with van der Waals surface area (Å²) in [6, 6.07) is 9.14. The Morgan fingerprint density at radius 2 is 2.06 bits per heavy atom.